The van der Waals surface area contributed by atoms with E-state index in [-0.39, 0.29) is 11.8 Å². The zero-order valence-corrected chi connectivity index (χ0v) is 12.3. The maximum atomic E-state index is 11.8. The van der Waals surface area contributed by atoms with Gasteiger partial charge in [-0.3, -0.25) is 4.79 Å². The van der Waals surface area contributed by atoms with Crippen molar-refractivity contribution in [3.63, 3.8) is 0 Å². The molecule has 1 fully saturated rings. The number of amides is 1. The SMILES string of the molecule is CC(CN)CC(=O)Nc1ccc(N2CCCCC2)cc1. The van der Waals surface area contributed by atoms with Crippen LogP contribution in [0, 0.1) is 5.92 Å². The summed E-state index contributed by atoms with van der Waals surface area (Å²) in [6.45, 7) is 4.81. The Hall–Kier alpha value is -1.55. The molecule has 4 nitrogen and oxygen atoms in total. The van der Waals surface area contributed by atoms with Gasteiger partial charge in [0, 0.05) is 30.9 Å². The zero-order valence-electron chi connectivity index (χ0n) is 12.3. The number of carbonyl (C=O) groups excluding carboxylic acids is 1. The van der Waals surface area contributed by atoms with Crippen LogP contribution in [0.1, 0.15) is 32.6 Å². The molecule has 1 aliphatic rings. The topological polar surface area (TPSA) is 58.4 Å². The molecule has 4 heteroatoms. The summed E-state index contributed by atoms with van der Waals surface area (Å²) >= 11 is 0. The standard InChI is InChI=1S/C16H25N3O/c1-13(12-17)11-16(20)18-14-5-7-15(8-6-14)19-9-3-2-4-10-19/h5-8,13H,2-4,9-12,17H2,1H3,(H,18,20). The number of anilines is 2. The zero-order chi connectivity index (χ0) is 14.4. The van der Waals surface area contributed by atoms with Crippen molar-refractivity contribution in [2.75, 3.05) is 29.9 Å². The van der Waals surface area contributed by atoms with Crippen LogP contribution in [0.15, 0.2) is 24.3 Å². The summed E-state index contributed by atoms with van der Waals surface area (Å²) in [5.74, 6) is 0.260. The van der Waals surface area contributed by atoms with Crippen LogP contribution >= 0.6 is 0 Å². The van der Waals surface area contributed by atoms with Crippen LogP contribution in [-0.2, 0) is 4.79 Å². The first kappa shape index (κ1) is 14.9. The molecule has 1 amide bonds. The van der Waals surface area contributed by atoms with E-state index in [1.807, 2.05) is 19.1 Å². The molecule has 1 atom stereocenters. The number of nitrogens with two attached hydrogens (primary N) is 1. The molecule has 0 aliphatic carbocycles. The van der Waals surface area contributed by atoms with E-state index in [4.69, 9.17) is 5.73 Å². The summed E-state index contributed by atoms with van der Waals surface area (Å²) in [5.41, 5.74) is 7.64. The van der Waals surface area contributed by atoms with Gasteiger partial charge in [0.15, 0.2) is 0 Å². The van der Waals surface area contributed by atoms with Crippen LogP contribution in [0.25, 0.3) is 0 Å². The van der Waals surface area contributed by atoms with Gasteiger partial charge in [-0.05, 0) is 56.0 Å². The lowest BCUT2D eigenvalue weighted by Crippen LogP contribution is -2.29. The van der Waals surface area contributed by atoms with E-state index in [2.05, 4.69) is 22.3 Å². The number of rotatable bonds is 5. The summed E-state index contributed by atoms with van der Waals surface area (Å²) in [7, 11) is 0. The van der Waals surface area contributed by atoms with E-state index >= 15 is 0 Å². The summed E-state index contributed by atoms with van der Waals surface area (Å²) in [6, 6.07) is 8.14. The Bertz CT molecular complexity index is 424. The second-order valence-electron chi connectivity index (χ2n) is 5.69. The molecule has 0 aromatic heterocycles. The number of carbonyl (C=O) groups is 1. The van der Waals surface area contributed by atoms with Crippen LogP contribution in [0.5, 0.6) is 0 Å². The number of hydrogen-bond acceptors (Lipinski definition) is 3. The molecule has 1 saturated heterocycles. The highest BCUT2D eigenvalue weighted by atomic mass is 16.1. The van der Waals surface area contributed by atoms with E-state index in [0.717, 1.165) is 18.8 Å². The molecule has 1 heterocycles. The number of nitrogens with one attached hydrogen (secondary N) is 1. The predicted octanol–water partition coefficient (Wildman–Crippen LogP) is 2.60. The fourth-order valence-corrected chi connectivity index (χ4v) is 2.52. The molecule has 0 bridgehead atoms. The summed E-state index contributed by atoms with van der Waals surface area (Å²) in [6.07, 6.45) is 4.36. The lowest BCUT2D eigenvalue weighted by Gasteiger charge is -2.28. The van der Waals surface area contributed by atoms with E-state index < -0.39 is 0 Å². The average molecular weight is 275 g/mol. The van der Waals surface area contributed by atoms with Crippen molar-refractivity contribution in [1.82, 2.24) is 0 Å². The number of piperidine rings is 1. The van der Waals surface area contributed by atoms with E-state index in [0.29, 0.717) is 13.0 Å². The first-order valence-electron chi connectivity index (χ1n) is 7.54. The van der Waals surface area contributed by atoms with Crippen molar-refractivity contribution in [2.45, 2.75) is 32.6 Å². The third-order valence-electron chi connectivity index (χ3n) is 3.81. The fraction of sp³-hybridized carbons (Fsp3) is 0.562. The van der Waals surface area contributed by atoms with E-state index in [1.165, 1.54) is 24.9 Å². The van der Waals surface area contributed by atoms with Crippen molar-refractivity contribution in [1.29, 1.82) is 0 Å². The highest BCUT2D eigenvalue weighted by Gasteiger charge is 2.11. The smallest absolute Gasteiger partial charge is 0.224 e. The Balaban J connectivity index is 1.89. The highest BCUT2D eigenvalue weighted by Crippen LogP contribution is 2.21. The Morgan fingerprint density at radius 1 is 1.25 bits per heavy atom. The second kappa shape index (κ2) is 7.29. The van der Waals surface area contributed by atoms with Crippen LogP contribution in [0.4, 0.5) is 11.4 Å². The van der Waals surface area contributed by atoms with Gasteiger partial charge >= 0.3 is 0 Å². The van der Waals surface area contributed by atoms with Gasteiger partial charge in [0.2, 0.25) is 5.91 Å². The molecule has 1 unspecified atom stereocenters. The van der Waals surface area contributed by atoms with Gasteiger partial charge in [-0.1, -0.05) is 6.92 Å². The maximum absolute atomic E-state index is 11.8. The first-order valence-corrected chi connectivity index (χ1v) is 7.54. The largest absolute Gasteiger partial charge is 0.372 e. The van der Waals surface area contributed by atoms with Gasteiger partial charge < -0.3 is 16.0 Å². The Morgan fingerprint density at radius 2 is 1.90 bits per heavy atom. The van der Waals surface area contributed by atoms with Gasteiger partial charge in [0.05, 0.1) is 0 Å². The molecule has 0 saturated carbocycles. The molecule has 0 radical (unpaired) electrons. The van der Waals surface area contributed by atoms with E-state index in [9.17, 15) is 4.79 Å². The summed E-state index contributed by atoms with van der Waals surface area (Å²) < 4.78 is 0. The van der Waals surface area contributed by atoms with Crippen molar-refractivity contribution in [3.05, 3.63) is 24.3 Å². The fourth-order valence-electron chi connectivity index (χ4n) is 2.52. The van der Waals surface area contributed by atoms with E-state index in [1.54, 1.807) is 0 Å². The minimum absolute atomic E-state index is 0.0358. The van der Waals surface area contributed by atoms with Gasteiger partial charge in [-0.2, -0.15) is 0 Å². The second-order valence-corrected chi connectivity index (χ2v) is 5.69. The maximum Gasteiger partial charge on any atom is 0.224 e. The Kier molecular flexibility index (Phi) is 5.41. The molecule has 3 N–H and O–H groups in total. The van der Waals surface area contributed by atoms with Crippen molar-refractivity contribution >= 4 is 17.3 Å². The summed E-state index contributed by atoms with van der Waals surface area (Å²) in [5, 5.41) is 2.92. The molecular formula is C16H25N3O. The molecule has 1 aromatic rings. The number of benzene rings is 1. The molecule has 1 aromatic carbocycles. The van der Waals surface area contributed by atoms with Gasteiger partial charge in [-0.15, -0.1) is 0 Å². The van der Waals surface area contributed by atoms with Crippen molar-refractivity contribution < 1.29 is 4.79 Å². The van der Waals surface area contributed by atoms with Crippen molar-refractivity contribution in [2.24, 2.45) is 11.7 Å². The first-order chi connectivity index (χ1) is 9.69. The van der Waals surface area contributed by atoms with Crippen LogP contribution < -0.4 is 16.0 Å². The number of hydrogen-bond donors (Lipinski definition) is 2. The average Bonchev–Trinajstić information content (AvgIpc) is 2.48. The quantitative estimate of drug-likeness (QED) is 0.868. The third kappa shape index (κ3) is 4.23. The predicted molar refractivity (Wildman–Crippen MR) is 84.0 cm³/mol. The molecule has 1 aliphatic heterocycles. The summed E-state index contributed by atoms with van der Waals surface area (Å²) in [4.78, 5) is 14.2. The lowest BCUT2D eigenvalue weighted by molar-refractivity contribution is -0.116. The van der Waals surface area contributed by atoms with Crippen LogP contribution in [0.2, 0.25) is 0 Å². The Labute approximate surface area is 121 Å². The monoisotopic (exact) mass is 275 g/mol. The van der Waals surface area contributed by atoms with Crippen LogP contribution in [-0.4, -0.2) is 25.5 Å². The molecule has 2 rings (SSSR count). The minimum Gasteiger partial charge on any atom is -0.372 e. The van der Waals surface area contributed by atoms with Gasteiger partial charge in [-0.25, -0.2) is 0 Å². The third-order valence-corrected chi connectivity index (χ3v) is 3.81. The highest BCUT2D eigenvalue weighted by molar-refractivity contribution is 5.91. The van der Waals surface area contributed by atoms with Gasteiger partial charge in [0.25, 0.3) is 0 Å². The molecular weight excluding hydrogens is 250 g/mol. The van der Waals surface area contributed by atoms with Gasteiger partial charge in [0.1, 0.15) is 0 Å². The normalized spacial score (nSPS) is 16.8. The van der Waals surface area contributed by atoms with Crippen LogP contribution in [0.3, 0.4) is 0 Å². The Morgan fingerprint density at radius 3 is 2.50 bits per heavy atom. The molecule has 110 valence electrons. The molecule has 20 heavy (non-hydrogen) atoms. The lowest BCUT2D eigenvalue weighted by atomic mass is 10.1. The molecule has 0 spiro atoms. The minimum atomic E-state index is 0.0358. The van der Waals surface area contributed by atoms with Crippen molar-refractivity contribution in [3.8, 4) is 0 Å². The number of nitrogens with zero attached hydrogens (tertiary/aromatic N) is 1.